The number of carboxylic acid groups (broad SMARTS) is 1. The van der Waals surface area contributed by atoms with E-state index < -0.39 is 5.97 Å². The Labute approximate surface area is 145 Å². The minimum absolute atomic E-state index is 0. The fourth-order valence-corrected chi connectivity index (χ4v) is 2.23. The molecule has 0 spiro atoms. The molecule has 0 saturated heterocycles. The molecule has 114 valence electrons. The molecule has 0 aliphatic heterocycles. The van der Waals surface area contributed by atoms with Crippen LogP contribution in [0.3, 0.4) is 0 Å². The Hall–Kier alpha value is -0.823. The van der Waals surface area contributed by atoms with Gasteiger partial charge in [0.15, 0.2) is 0 Å². The fourth-order valence-electron chi connectivity index (χ4n) is 1.39. The molecule has 21 heavy (non-hydrogen) atoms. The van der Waals surface area contributed by atoms with Crippen LogP contribution in [0.25, 0.3) is 0 Å². The second-order valence-electron chi connectivity index (χ2n) is 4.25. The van der Waals surface area contributed by atoms with Crippen LogP contribution in [-0.4, -0.2) is 11.1 Å². The third-order valence-corrected chi connectivity index (χ3v) is 3.49. The molecule has 0 bridgehead atoms. The number of thiophene rings is 1. The molecule has 2 N–H and O–H groups in total. The first kappa shape index (κ1) is 22.5. The Bertz CT molecular complexity index is 428. The second kappa shape index (κ2) is 12.9. The van der Waals surface area contributed by atoms with Crippen LogP contribution >= 0.6 is 11.3 Å². The molecule has 5 heteroatoms. The van der Waals surface area contributed by atoms with Gasteiger partial charge in [0.05, 0.1) is 5.69 Å². The third-order valence-electron chi connectivity index (χ3n) is 2.41. The van der Waals surface area contributed by atoms with E-state index in [0.29, 0.717) is 10.6 Å². The van der Waals surface area contributed by atoms with Crippen LogP contribution < -0.4 is 24.2 Å². The van der Waals surface area contributed by atoms with Crippen LogP contribution in [0.4, 0.5) is 5.69 Å². The number of nitrogens with one attached hydrogen (secondary N) is 1. The van der Waals surface area contributed by atoms with Crippen LogP contribution in [0, 0.1) is 27.2 Å². The summed E-state index contributed by atoms with van der Waals surface area (Å²) in [7, 11) is 0. The average Bonchev–Trinajstić information content (AvgIpc) is 2.73. The molecule has 0 saturated carbocycles. The summed E-state index contributed by atoms with van der Waals surface area (Å²) in [5.41, 5.74) is 2.33. The fraction of sp³-hybridized carbons (Fsp3) is 0.375. The maximum atomic E-state index is 10.9. The van der Waals surface area contributed by atoms with Crippen LogP contribution in [-0.2, 0) is 0 Å². The number of rotatable bonds is 7. The van der Waals surface area contributed by atoms with Crippen molar-refractivity contribution in [3.8, 4) is 0 Å². The number of aromatic carboxylic acids is 1. The van der Waals surface area contributed by atoms with Gasteiger partial charge in [-0.3, -0.25) is 0 Å². The second-order valence-corrected chi connectivity index (χ2v) is 5.13. The minimum Gasteiger partial charge on any atom is -0.477 e. The molecule has 1 heterocycles. The average molecular weight is 301 g/mol. The van der Waals surface area contributed by atoms with Crippen molar-refractivity contribution >= 4 is 23.0 Å². The summed E-state index contributed by atoms with van der Waals surface area (Å²) in [6, 6.07) is 0. The first-order chi connectivity index (χ1) is 9.47. The number of carbonyl (C=O) groups is 1. The summed E-state index contributed by atoms with van der Waals surface area (Å²) in [5, 5.41) is 13.8. The van der Waals surface area contributed by atoms with Crippen molar-refractivity contribution in [1.29, 1.82) is 0 Å². The number of allylic oxidation sites excluding steroid dienone is 1. The Morgan fingerprint density at radius 2 is 2.05 bits per heavy atom. The quantitative estimate of drug-likeness (QED) is 0.599. The standard InChI is InChI=1S/C11H14NO2S.C5H10.Li/c1-4-5-8(3)12-9-7(2)6-15-10(9)11(13)14;1-3-5-4-2;/h5-6,12H,3-4H2,1-2H3,(H,13,14);1-5H2;/q-1;-2;+1. The predicted molar refractivity (Wildman–Crippen MR) is 87.9 cm³/mol. The van der Waals surface area contributed by atoms with Gasteiger partial charge in [-0.15, -0.1) is 29.9 Å². The number of hydrogen-bond donors (Lipinski definition) is 2. The van der Waals surface area contributed by atoms with E-state index in [1.165, 1.54) is 17.8 Å². The Kier molecular flexibility index (Phi) is 13.8. The summed E-state index contributed by atoms with van der Waals surface area (Å²) >= 11 is 1.23. The van der Waals surface area contributed by atoms with Crippen LogP contribution in [0.5, 0.6) is 0 Å². The van der Waals surface area contributed by atoms with Gasteiger partial charge in [-0.25, -0.2) is 17.8 Å². The topological polar surface area (TPSA) is 49.3 Å². The van der Waals surface area contributed by atoms with Crippen LogP contribution in [0.1, 0.15) is 47.8 Å². The smallest absolute Gasteiger partial charge is 0.477 e. The summed E-state index contributed by atoms with van der Waals surface area (Å²) in [6.07, 6.45) is 6.02. The van der Waals surface area contributed by atoms with Gasteiger partial charge in [-0.05, 0) is 17.9 Å². The summed E-state index contributed by atoms with van der Waals surface area (Å²) < 4.78 is 0. The third kappa shape index (κ3) is 8.93. The van der Waals surface area contributed by atoms with E-state index >= 15 is 0 Å². The molecule has 1 aromatic rings. The van der Waals surface area contributed by atoms with Crippen molar-refractivity contribution in [2.24, 2.45) is 0 Å². The molecule has 0 aromatic carbocycles. The zero-order valence-electron chi connectivity index (χ0n) is 13.4. The van der Waals surface area contributed by atoms with Gasteiger partial charge in [-0.2, -0.15) is 12.8 Å². The molecule has 0 fully saturated rings. The van der Waals surface area contributed by atoms with E-state index in [9.17, 15) is 4.79 Å². The first-order valence-electron chi connectivity index (χ1n) is 6.66. The van der Waals surface area contributed by atoms with Gasteiger partial charge < -0.3 is 24.3 Å². The van der Waals surface area contributed by atoms with E-state index in [0.717, 1.165) is 30.5 Å². The maximum Gasteiger partial charge on any atom is 1.00 e. The molecular weight excluding hydrogens is 277 g/mol. The SMILES string of the molecule is C=C([CH-]CC)Nc1c(C)csc1C(=O)O.[CH2-]CCC[CH2-].[Li+]. The molecule has 1 rings (SSSR count). The Balaban J connectivity index is 0. The van der Waals surface area contributed by atoms with Crippen molar-refractivity contribution < 1.29 is 28.8 Å². The van der Waals surface area contributed by atoms with Gasteiger partial charge in [0, 0.05) is 0 Å². The molecule has 0 aliphatic rings. The number of hydrogen-bond acceptors (Lipinski definition) is 3. The Morgan fingerprint density at radius 1 is 1.48 bits per heavy atom. The van der Waals surface area contributed by atoms with Crippen molar-refractivity contribution in [3.63, 3.8) is 0 Å². The van der Waals surface area contributed by atoms with Crippen molar-refractivity contribution in [1.82, 2.24) is 0 Å². The van der Waals surface area contributed by atoms with Crippen molar-refractivity contribution in [2.75, 3.05) is 5.32 Å². The monoisotopic (exact) mass is 301 g/mol. The van der Waals surface area contributed by atoms with E-state index in [4.69, 9.17) is 5.11 Å². The van der Waals surface area contributed by atoms with Gasteiger partial charge in [-0.1, -0.05) is 6.92 Å². The summed E-state index contributed by atoms with van der Waals surface area (Å²) in [4.78, 5) is 11.2. The molecule has 3 nitrogen and oxygen atoms in total. The van der Waals surface area contributed by atoms with E-state index in [1.54, 1.807) is 0 Å². The zero-order chi connectivity index (χ0) is 15.5. The van der Waals surface area contributed by atoms with Crippen molar-refractivity contribution in [3.05, 3.63) is 48.4 Å². The molecule has 0 radical (unpaired) electrons. The van der Waals surface area contributed by atoms with Gasteiger partial charge >= 0.3 is 24.8 Å². The number of aryl methyl sites for hydroxylation is 1. The predicted octanol–water partition coefficient (Wildman–Crippen LogP) is 2.12. The minimum atomic E-state index is -0.903. The van der Waals surface area contributed by atoms with Crippen LogP contribution in [0.2, 0.25) is 0 Å². The van der Waals surface area contributed by atoms with Gasteiger partial charge in [0.25, 0.3) is 0 Å². The molecule has 0 atom stereocenters. The van der Waals surface area contributed by atoms with E-state index in [2.05, 4.69) is 25.7 Å². The first-order valence-corrected chi connectivity index (χ1v) is 7.54. The number of anilines is 1. The van der Waals surface area contributed by atoms with E-state index in [1.807, 2.05) is 25.6 Å². The largest absolute Gasteiger partial charge is 1.00 e. The Morgan fingerprint density at radius 3 is 2.43 bits per heavy atom. The molecular formula is C16H24LiNO2S-2. The van der Waals surface area contributed by atoms with Crippen LogP contribution in [0.15, 0.2) is 17.7 Å². The molecule has 1 aromatic heterocycles. The van der Waals surface area contributed by atoms with Gasteiger partial charge in [0.1, 0.15) is 4.88 Å². The summed E-state index contributed by atoms with van der Waals surface area (Å²) in [6.45, 7) is 15.0. The van der Waals surface area contributed by atoms with Gasteiger partial charge in [0.2, 0.25) is 0 Å². The normalized spacial score (nSPS) is 8.95. The molecule has 0 unspecified atom stereocenters. The molecule has 0 aliphatic carbocycles. The van der Waals surface area contributed by atoms with E-state index in [-0.39, 0.29) is 18.9 Å². The van der Waals surface area contributed by atoms with Crippen molar-refractivity contribution in [2.45, 2.75) is 39.5 Å². The number of carboxylic acids is 1. The number of unbranched alkanes of at least 4 members (excludes halogenated alkanes) is 2. The summed E-state index contributed by atoms with van der Waals surface area (Å²) in [5.74, 6) is -0.903. The molecule has 0 amide bonds. The zero-order valence-corrected chi connectivity index (χ0v) is 14.2. The maximum absolute atomic E-state index is 10.9.